The van der Waals surface area contributed by atoms with Crippen molar-refractivity contribution >= 4 is 22.9 Å². The molecular weight excluding hydrogens is 266 g/mol. The molecule has 3 rings (SSSR count). The fourth-order valence-electron chi connectivity index (χ4n) is 2.82. The van der Waals surface area contributed by atoms with E-state index in [1.165, 1.54) is 0 Å². The van der Waals surface area contributed by atoms with Crippen LogP contribution in [0.3, 0.4) is 0 Å². The van der Waals surface area contributed by atoms with E-state index in [4.69, 9.17) is 5.73 Å². The van der Waals surface area contributed by atoms with Crippen LogP contribution >= 0.6 is 0 Å². The van der Waals surface area contributed by atoms with E-state index in [2.05, 4.69) is 33.6 Å². The number of rotatable bonds is 3. The van der Waals surface area contributed by atoms with Crippen molar-refractivity contribution in [2.24, 2.45) is 5.73 Å². The van der Waals surface area contributed by atoms with Gasteiger partial charge in [0.2, 0.25) is 5.95 Å². The fourth-order valence-corrected chi connectivity index (χ4v) is 2.82. The average Bonchev–Trinajstić information content (AvgIpc) is 2.90. The van der Waals surface area contributed by atoms with Gasteiger partial charge >= 0.3 is 0 Å². The van der Waals surface area contributed by atoms with Gasteiger partial charge in [0.1, 0.15) is 5.52 Å². The van der Waals surface area contributed by atoms with Crippen molar-refractivity contribution in [3.63, 3.8) is 0 Å². The first-order valence-electron chi connectivity index (χ1n) is 7.34. The van der Waals surface area contributed by atoms with E-state index in [-0.39, 0.29) is 0 Å². The van der Waals surface area contributed by atoms with Crippen LogP contribution in [0.2, 0.25) is 0 Å². The molecule has 6 heteroatoms. The van der Waals surface area contributed by atoms with Gasteiger partial charge < -0.3 is 15.6 Å². The minimum atomic E-state index is -0.441. The van der Waals surface area contributed by atoms with Gasteiger partial charge in [-0.25, -0.2) is 4.98 Å². The van der Waals surface area contributed by atoms with E-state index in [0.29, 0.717) is 17.1 Å². The number of nitrogens with zero attached hydrogens (tertiary/aromatic N) is 3. The average molecular weight is 287 g/mol. The van der Waals surface area contributed by atoms with Gasteiger partial charge in [0, 0.05) is 32.2 Å². The van der Waals surface area contributed by atoms with Crippen LogP contribution in [0.5, 0.6) is 0 Å². The van der Waals surface area contributed by atoms with Gasteiger partial charge in [0.25, 0.3) is 5.91 Å². The number of amides is 1. The maximum Gasteiger partial charge on any atom is 0.250 e. The maximum absolute atomic E-state index is 11.5. The molecule has 0 unspecified atom stereocenters. The van der Waals surface area contributed by atoms with Crippen molar-refractivity contribution in [2.45, 2.75) is 19.9 Å². The van der Waals surface area contributed by atoms with Crippen molar-refractivity contribution in [3.05, 3.63) is 23.8 Å². The summed E-state index contributed by atoms with van der Waals surface area (Å²) in [6.07, 6.45) is 0. The number of benzene rings is 1. The number of imidazole rings is 1. The lowest BCUT2D eigenvalue weighted by atomic mass is 10.2. The first kappa shape index (κ1) is 13.9. The lowest BCUT2D eigenvalue weighted by Crippen LogP contribution is -2.49. The van der Waals surface area contributed by atoms with Crippen LogP contribution in [0.25, 0.3) is 11.0 Å². The second-order valence-electron chi connectivity index (χ2n) is 5.74. The van der Waals surface area contributed by atoms with Crippen LogP contribution in [0.15, 0.2) is 18.2 Å². The number of hydrogen-bond acceptors (Lipinski definition) is 4. The summed E-state index contributed by atoms with van der Waals surface area (Å²) >= 11 is 0. The van der Waals surface area contributed by atoms with Crippen molar-refractivity contribution in [3.8, 4) is 0 Å². The summed E-state index contributed by atoms with van der Waals surface area (Å²) in [4.78, 5) is 24.0. The Morgan fingerprint density at radius 1 is 1.29 bits per heavy atom. The summed E-state index contributed by atoms with van der Waals surface area (Å²) in [7, 11) is 0. The molecule has 3 N–H and O–H groups in total. The van der Waals surface area contributed by atoms with E-state index in [0.717, 1.165) is 37.6 Å². The van der Waals surface area contributed by atoms with Gasteiger partial charge in [0.15, 0.2) is 0 Å². The summed E-state index contributed by atoms with van der Waals surface area (Å²) in [6.45, 7) is 8.36. The van der Waals surface area contributed by atoms with E-state index in [1.54, 1.807) is 6.07 Å². The van der Waals surface area contributed by atoms with Crippen molar-refractivity contribution < 1.29 is 4.79 Å². The van der Waals surface area contributed by atoms with Crippen LogP contribution < -0.4 is 10.6 Å². The Balaban J connectivity index is 1.86. The summed E-state index contributed by atoms with van der Waals surface area (Å²) in [6, 6.07) is 6.03. The molecule has 6 nitrogen and oxygen atoms in total. The third-order valence-corrected chi connectivity index (χ3v) is 4.11. The lowest BCUT2D eigenvalue weighted by molar-refractivity contribution is 0.100. The number of primary amides is 1. The highest BCUT2D eigenvalue weighted by Gasteiger charge is 2.21. The smallest absolute Gasteiger partial charge is 0.250 e. The normalized spacial score (nSPS) is 16.8. The molecule has 1 aliphatic rings. The zero-order valence-electron chi connectivity index (χ0n) is 12.5. The number of H-pyrrole nitrogens is 1. The third kappa shape index (κ3) is 2.58. The van der Waals surface area contributed by atoms with Crippen molar-refractivity contribution in [1.29, 1.82) is 0 Å². The van der Waals surface area contributed by atoms with Gasteiger partial charge in [-0.1, -0.05) is 6.07 Å². The number of anilines is 1. The number of aromatic nitrogens is 2. The van der Waals surface area contributed by atoms with Crippen LogP contribution in [0.1, 0.15) is 24.2 Å². The maximum atomic E-state index is 11.5. The topological polar surface area (TPSA) is 78.2 Å². The monoisotopic (exact) mass is 287 g/mol. The molecule has 0 spiro atoms. The first-order chi connectivity index (χ1) is 10.1. The molecule has 1 aromatic carbocycles. The quantitative estimate of drug-likeness (QED) is 0.889. The SMILES string of the molecule is CC(C)N1CCN(c2nc3c(C(N)=O)cccc3[nH]2)CC1. The number of nitrogens with one attached hydrogen (secondary N) is 1. The van der Waals surface area contributed by atoms with E-state index in [1.807, 2.05) is 12.1 Å². The third-order valence-electron chi connectivity index (χ3n) is 4.11. The number of fused-ring (bicyclic) bond motifs is 1. The molecule has 21 heavy (non-hydrogen) atoms. The molecule has 1 aliphatic heterocycles. The summed E-state index contributed by atoms with van der Waals surface area (Å²) < 4.78 is 0. The highest BCUT2D eigenvalue weighted by atomic mass is 16.1. The minimum absolute atomic E-state index is 0.441. The second-order valence-corrected chi connectivity index (χ2v) is 5.74. The second kappa shape index (κ2) is 5.37. The highest BCUT2D eigenvalue weighted by Crippen LogP contribution is 2.21. The van der Waals surface area contributed by atoms with Crippen LogP contribution in [-0.4, -0.2) is 53.0 Å². The number of nitrogens with two attached hydrogens (primary N) is 1. The molecule has 1 fully saturated rings. The van der Waals surface area contributed by atoms with E-state index in [9.17, 15) is 4.79 Å². The molecule has 0 saturated carbocycles. The molecule has 1 saturated heterocycles. The predicted octanol–water partition coefficient (Wildman–Crippen LogP) is 1.19. The Morgan fingerprint density at radius 2 is 2.00 bits per heavy atom. The zero-order chi connectivity index (χ0) is 15.0. The van der Waals surface area contributed by atoms with Crippen LogP contribution in [0, 0.1) is 0 Å². The van der Waals surface area contributed by atoms with Crippen LogP contribution in [0.4, 0.5) is 5.95 Å². The Hall–Kier alpha value is -2.08. The Morgan fingerprint density at radius 3 is 2.62 bits per heavy atom. The van der Waals surface area contributed by atoms with Gasteiger partial charge in [-0.2, -0.15) is 0 Å². The molecule has 1 aromatic heterocycles. The molecule has 112 valence electrons. The lowest BCUT2D eigenvalue weighted by Gasteiger charge is -2.36. The minimum Gasteiger partial charge on any atom is -0.366 e. The Labute approximate surface area is 123 Å². The largest absolute Gasteiger partial charge is 0.366 e. The Bertz CT molecular complexity index is 655. The number of carbonyl (C=O) groups is 1. The summed E-state index contributed by atoms with van der Waals surface area (Å²) in [5, 5.41) is 0. The zero-order valence-corrected chi connectivity index (χ0v) is 12.5. The van der Waals surface area contributed by atoms with Crippen molar-refractivity contribution in [1.82, 2.24) is 14.9 Å². The van der Waals surface area contributed by atoms with Crippen molar-refractivity contribution in [2.75, 3.05) is 31.1 Å². The molecule has 0 aliphatic carbocycles. The predicted molar refractivity (Wildman–Crippen MR) is 83.5 cm³/mol. The number of aromatic amines is 1. The van der Waals surface area contributed by atoms with Gasteiger partial charge in [-0.3, -0.25) is 9.69 Å². The number of para-hydroxylation sites is 1. The number of carbonyl (C=O) groups excluding carboxylic acids is 1. The fraction of sp³-hybridized carbons (Fsp3) is 0.467. The van der Waals surface area contributed by atoms with Gasteiger partial charge in [-0.05, 0) is 26.0 Å². The van der Waals surface area contributed by atoms with Crippen LogP contribution in [-0.2, 0) is 0 Å². The van der Waals surface area contributed by atoms with E-state index >= 15 is 0 Å². The van der Waals surface area contributed by atoms with E-state index < -0.39 is 5.91 Å². The highest BCUT2D eigenvalue weighted by molar-refractivity contribution is 6.04. The summed E-state index contributed by atoms with van der Waals surface area (Å²) in [5.74, 6) is 0.380. The molecular formula is C15H21N5O. The van der Waals surface area contributed by atoms with Gasteiger partial charge in [-0.15, -0.1) is 0 Å². The standard InChI is InChI=1S/C15H21N5O/c1-10(2)19-6-8-20(9-7-19)15-17-12-5-3-4-11(14(16)21)13(12)18-15/h3-5,10H,6-9H2,1-2H3,(H2,16,21)(H,17,18). The molecule has 0 radical (unpaired) electrons. The molecule has 1 amide bonds. The Kier molecular flexibility index (Phi) is 3.55. The molecule has 0 atom stereocenters. The molecule has 0 bridgehead atoms. The van der Waals surface area contributed by atoms with Gasteiger partial charge in [0.05, 0.1) is 11.1 Å². The summed E-state index contributed by atoms with van der Waals surface area (Å²) in [5.41, 5.74) is 7.39. The first-order valence-corrected chi connectivity index (χ1v) is 7.34. The number of hydrogen-bond donors (Lipinski definition) is 2. The molecule has 2 aromatic rings. The molecule has 2 heterocycles. The number of piperazine rings is 1.